The van der Waals surface area contributed by atoms with Crippen LogP contribution in [0, 0.1) is 5.92 Å². The zero-order chi connectivity index (χ0) is 12.8. The molecule has 1 amide bonds. The quantitative estimate of drug-likeness (QED) is 0.788. The maximum atomic E-state index is 12.1. The highest BCUT2D eigenvalue weighted by molar-refractivity contribution is 5.94. The third-order valence-corrected chi connectivity index (χ3v) is 2.86. The number of carbonyl (C=O) groups is 1. The molecule has 0 fully saturated rings. The largest absolute Gasteiger partial charge is 0.481 e. The van der Waals surface area contributed by atoms with Crippen LogP contribution in [0.25, 0.3) is 0 Å². The van der Waals surface area contributed by atoms with E-state index in [4.69, 9.17) is 4.74 Å². The average molecular weight is 236 g/mol. The number of hydrogen-bond donors (Lipinski definition) is 0. The number of methoxy groups -OCH3 is 1. The van der Waals surface area contributed by atoms with Gasteiger partial charge in [-0.1, -0.05) is 13.8 Å². The number of anilines is 1. The minimum atomic E-state index is 0.0389. The third-order valence-electron chi connectivity index (χ3n) is 2.86. The number of ether oxygens (including phenoxy) is 1. The summed E-state index contributed by atoms with van der Waals surface area (Å²) in [6.45, 7) is 6.58. The van der Waals surface area contributed by atoms with Crippen LogP contribution in [0.5, 0.6) is 5.88 Å². The molecule has 17 heavy (non-hydrogen) atoms. The normalized spacial score (nSPS) is 12.0. The van der Waals surface area contributed by atoms with E-state index >= 15 is 0 Å². The molecule has 0 aromatic carbocycles. The minimum absolute atomic E-state index is 0.0389. The summed E-state index contributed by atoms with van der Waals surface area (Å²) >= 11 is 0. The molecule has 4 nitrogen and oxygen atoms in total. The molecule has 1 rings (SSSR count). The van der Waals surface area contributed by atoms with Gasteiger partial charge in [-0.05, 0) is 19.4 Å². The first-order valence-corrected chi connectivity index (χ1v) is 5.95. The van der Waals surface area contributed by atoms with Crippen LogP contribution in [0.2, 0.25) is 0 Å². The molecule has 1 aromatic rings. The van der Waals surface area contributed by atoms with E-state index < -0.39 is 0 Å². The Labute approximate surface area is 103 Å². The number of amides is 1. The van der Waals surface area contributed by atoms with Gasteiger partial charge in [0.2, 0.25) is 11.8 Å². The van der Waals surface area contributed by atoms with Crippen molar-refractivity contribution in [3.63, 3.8) is 0 Å². The lowest BCUT2D eigenvalue weighted by Gasteiger charge is -2.23. The predicted octanol–water partition coefficient (Wildman–Crippen LogP) is 2.49. The van der Waals surface area contributed by atoms with Gasteiger partial charge in [-0.15, -0.1) is 0 Å². The van der Waals surface area contributed by atoms with Crippen LogP contribution in [0.1, 0.15) is 27.2 Å². The van der Waals surface area contributed by atoms with E-state index in [1.165, 1.54) is 0 Å². The second kappa shape index (κ2) is 6.23. The first-order chi connectivity index (χ1) is 8.13. The van der Waals surface area contributed by atoms with Gasteiger partial charge in [0, 0.05) is 18.5 Å². The van der Waals surface area contributed by atoms with Crippen molar-refractivity contribution < 1.29 is 9.53 Å². The topological polar surface area (TPSA) is 42.4 Å². The molecule has 1 heterocycles. The number of carbonyl (C=O) groups excluding carboxylic acids is 1. The average Bonchev–Trinajstić information content (AvgIpc) is 2.39. The van der Waals surface area contributed by atoms with Crippen LogP contribution in [0.4, 0.5) is 5.69 Å². The maximum Gasteiger partial charge on any atom is 0.229 e. The molecule has 0 N–H and O–H groups in total. The van der Waals surface area contributed by atoms with Crippen molar-refractivity contribution in [1.29, 1.82) is 0 Å². The zero-order valence-corrected chi connectivity index (χ0v) is 10.9. The molecule has 0 saturated carbocycles. The van der Waals surface area contributed by atoms with Crippen molar-refractivity contribution in [3.8, 4) is 5.88 Å². The van der Waals surface area contributed by atoms with Crippen LogP contribution in [-0.2, 0) is 4.79 Å². The molecule has 0 radical (unpaired) electrons. The zero-order valence-electron chi connectivity index (χ0n) is 10.9. The summed E-state index contributed by atoms with van der Waals surface area (Å²) < 4.78 is 5.00. The maximum absolute atomic E-state index is 12.1. The molecule has 0 spiro atoms. The van der Waals surface area contributed by atoms with Gasteiger partial charge in [0.1, 0.15) is 0 Å². The van der Waals surface area contributed by atoms with Crippen molar-refractivity contribution in [2.24, 2.45) is 5.92 Å². The van der Waals surface area contributed by atoms with Gasteiger partial charge < -0.3 is 9.64 Å². The number of pyridine rings is 1. The summed E-state index contributed by atoms with van der Waals surface area (Å²) in [5.74, 6) is 0.736. The molecule has 0 saturated heterocycles. The Morgan fingerprint density at radius 3 is 2.59 bits per heavy atom. The van der Waals surface area contributed by atoms with Crippen LogP contribution in [0.3, 0.4) is 0 Å². The Bertz CT molecular complexity index is 362. The van der Waals surface area contributed by atoms with Gasteiger partial charge in [-0.25, -0.2) is 4.98 Å². The van der Waals surface area contributed by atoms with Crippen molar-refractivity contribution in [2.75, 3.05) is 18.6 Å². The van der Waals surface area contributed by atoms with Gasteiger partial charge in [0.05, 0.1) is 19.0 Å². The first kappa shape index (κ1) is 13.5. The van der Waals surface area contributed by atoms with Gasteiger partial charge in [-0.2, -0.15) is 0 Å². The molecule has 0 unspecified atom stereocenters. The van der Waals surface area contributed by atoms with Crippen molar-refractivity contribution in [2.45, 2.75) is 27.2 Å². The van der Waals surface area contributed by atoms with Crippen LogP contribution < -0.4 is 9.64 Å². The number of nitrogens with zero attached hydrogens (tertiary/aromatic N) is 2. The number of hydrogen-bond acceptors (Lipinski definition) is 3. The Balaban J connectivity index is 2.89. The summed E-state index contributed by atoms with van der Waals surface area (Å²) in [6.07, 6.45) is 2.52. The highest BCUT2D eigenvalue weighted by Crippen LogP contribution is 2.19. The van der Waals surface area contributed by atoms with Gasteiger partial charge in [0.15, 0.2) is 0 Å². The number of aromatic nitrogens is 1. The summed E-state index contributed by atoms with van der Waals surface area (Å²) in [7, 11) is 1.57. The van der Waals surface area contributed by atoms with Crippen molar-refractivity contribution >= 4 is 11.6 Å². The Kier molecular flexibility index (Phi) is 4.94. The van der Waals surface area contributed by atoms with Gasteiger partial charge in [0.25, 0.3) is 0 Å². The monoisotopic (exact) mass is 236 g/mol. The highest BCUT2D eigenvalue weighted by Gasteiger charge is 2.19. The molecule has 0 aliphatic carbocycles. The first-order valence-electron chi connectivity index (χ1n) is 5.95. The third kappa shape index (κ3) is 3.19. The second-order valence-corrected chi connectivity index (χ2v) is 3.95. The fourth-order valence-corrected chi connectivity index (χ4v) is 1.56. The minimum Gasteiger partial charge on any atom is -0.481 e. The lowest BCUT2D eigenvalue weighted by Crippen LogP contribution is -2.34. The second-order valence-electron chi connectivity index (χ2n) is 3.95. The number of rotatable bonds is 5. The van der Waals surface area contributed by atoms with E-state index in [2.05, 4.69) is 4.98 Å². The molecule has 1 aromatic heterocycles. The molecule has 1 atom stereocenters. The SMILES string of the molecule is CC[C@@H](C)C(=O)N(CC)c1ccc(OC)nc1. The molecule has 0 aliphatic rings. The van der Waals surface area contributed by atoms with E-state index in [-0.39, 0.29) is 11.8 Å². The Morgan fingerprint density at radius 2 is 2.18 bits per heavy atom. The predicted molar refractivity (Wildman–Crippen MR) is 68.3 cm³/mol. The fourth-order valence-electron chi connectivity index (χ4n) is 1.56. The molecular weight excluding hydrogens is 216 g/mol. The smallest absolute Gasteiger partial charge is 0.229 e. The van der Waals surface area contributed by atoms with E-state index in [0.717, 1.165) is 12.1 Å². The van der Waals surface area contributed by atoms with E-state index in [1.54, 1.807) is 24.3 Å². The van der Waals surface area contributed by atoms with E-state index in [9.17, 15) is 4.79 Å². The van der Waals surface area contributed by atoms with Gasteiger partial charge >= 0.3 is 0 Å². The molecular formula is C13H20N2O2. The fraction of sp³-hybridized carbons (Fsp3) is 0.538. The summed E-state index contributed by atoms with van der Waals surface area (Å²) in [5, 5.41) is 0. The molecule has 94 valence electrons. The Morgan fingerprint density at radius 1 is 1.47 bits per heavy atom. The summed E-state index contributed by atoms with van der Waals surface area (Å²) in [6, 6.07) is 3.62. The summed E-state index contributed by atoms with van der Waals surface area (Å²) in [4.78, 5) is 18.0. The van der Waals surface area contributed by atoms with E-state index in [0.29, 0.717) is 12.4 Å². The summed E-state index contributed by atoms with van der Waals surface area (Å²) in [5.41, 5.74) is 0.818. The van der Waals surface area contributed by atoms with Crippen LogP contribution in [0.15, 0.2) is 18.3 Å². The lowest BCUT2D eigenvalue weighted by molar-refractivity contribution is -0.121. The molecule has 4 heteroatoms. The lowest BCUT2D eigenvalue weighted by atomic mass is 10.1. The Hall–Kier alpha value is -1.58. The van der Waals surface area contributed by atoms with E-state index in [1.807, 2.05) is 26.8 Å². The van der Waals surface area contributed by atoms with Gasteiger partial charge in [-0.3, -0.25) is 4.79 Å². The van der Waals surface area contributed by atoms with Crippen molar-refractivity contribution in [1.82, 2.24) is 4.98 Å². The van der Waals surface area contributed by atoms with Crippen LogP contribution >= 0.6 is 0 Å². The van der Waals surface area contributed by atoms with Crippen molar-refractivity contribution in [3.05, 3.63) is 18.3 Å². The molecule has 0 bridgehead atoms. The van der Waals surface area contributed by atoms with Crippen LogP contribution in [-0.4, -0.2) is 24.5 Å². The molecule has 0 aliphatic heterocycles. The standard InChI is InChI=1S/C13H20N2O2/c1-5-10(3)13(16)15(6-2)11-7-8-12(17-4)14-9-11/h7-10H,5-6H2,1-4H3/t10-/m1/s1. The highest BCUT2D eigenvalue weighted by atomic mass is 16.5.